The smallest absolute Gasteiger partial charge is 0.136 e. The van der Waals surface area contributed by atoms with Gasteiger partial charge in [-0.2, -0.15) is 0 Å². The number of hydrogen-bond acceptors (Lipinski definition) is 2. The minimum absolute atomic E-state index is 0.187. The summed E-state index contributed by atoms with van der Waals surface area (Å²) < 4.78 is 0. The van der Waals surface area contributed by atoms with Gasteiger partial charge < -0.3 is 5.11 Å². The van der Waals surface area contributed by atoms with E-state index in [0.29, 0.717) is 11.7 Å². The number of Topliss-reactive ketones (excluding diaryl/α,β-unsaturated/α-hetero) is 1. The zero-order valence-electron chi connectivity index (χ0n) is 7.33. The van der Waals surface area contributed by atoms with E-state index in [1.54, 1.807) is 0 Å². The predicted molar refractivity (Wildman–Crippen MR) is 45.7 cm³/mol. The lowest BCUT2D eigenvalue weighted by molar-refractivity contribution is -0.131. The normalized spacial score (nSPS) is 42.4. The highest BCUT2D eigenvalue weighted by molar-refractivity contribution is 5.82. The Morgan fingerprint density at radius 2 is 2.00 bits per heavy atom. The summed E-state index contributed by atoms with van der Waals surface area (Å²) in [6.45, 7) is 0. The molecule has 2 saturated carbocycles. The highest BCUT2D eigenvalue weighted by Crippen LogP contribution is 2.38. The van der Waals surface area contributed by atoms with Crippen molar-refractivity contribution in [1.29, 1.82) is 0 Å². The third kappa shape index (κ3) is 1.28. The molecule has 0 aromatic carbocycles. The van der Waals surface area contributed by atoms with Gasteiger partial charge in [-0.1, -0.05) is 6.42 Å². The van der Waals surface area contributed by atoms with Crippen LogP contribution in [0.5, 0.6) is 0 Å². The molecule has 2 nitrogen and oxygen atoms in total. The maximum Gasteiger partial charge on any atom is 0.136 e. The molecule has 0 unspecified atom stereocenters. The van der Waals surface area contributed by atoms with Crippen molar-refractivity contribution in [3.8, 4) is 0 Å². The second kappa shape index (κ2) is 3.17. The number of aliphatic hydroxyl groups is 1. The Hall–Kier alpha value is -0.370. The van der Waals surface area contributed by atoms with Crippen LogP contribution in [0.1, 0.15) is 38.5 Å². The molecular weight excluding hydrogens is 152 g/mol. The summed E-state index contributed by atoms with van der Waals surface area (Å²) in [5, 5.41) is 9.67. The number of carbonyl (C=O) groups is 1. The summed E-state index contributed by atoms with van der Waals surface area (Å²) in [7, 11) is 0. The van der Waals surface area contributed by atoms with Crippen LogP contribution >= 0.6 is 0 Å². The first-order valence-corrected chi connectivity index (χ1v) is 5.00. The third-order valence-electron chi connectivity index (χ3n) is 3.40. The number of hydrogen-bond donors (Lipinski definition) is 1. The molecule has 0 bridgehead atoms. The van der Waals surface area contributed by atoms with Crippen molar-refractivity contribution in [2.24, 2.45) is 11.8 Å². The van der Waals surface area contributed by atoms with E-state index in [9.17, 15) is 9.90 Å². The second-order valence-corrected chi connectivity index (χ2v) is 4.13. The van der Waals surface area contributed by atoms with E-state index in [1.165, 1.54) is 0 Å². The SMILES string of the molecule is O=C1CCC[C@H]2[C@H](O)CCC[C@@H]12. The summed E-state index contributed by atoms with van der Waals surface area (Å²) in [4.78, 5) is 11.5. The Bertz CT molecular complexity index is 188. The van der Waals surface area contributed by atoms with Gasteiger partial charge in [-0.25, -0.2) is 0 Å². The zero-order valence-corrected chi connectivity index (χ0v) is 7.33. The molecule has 2 rings (SSSR count). The van der Waals surface area contributed by atoms with Gasteiger partial charge in [0.1, 0.15) is 5.78 Å². The van der Waals surface area contributed by atoms with E-state index in [1.807, 2.05) is 0 Å². The Balaban J connectivity index is 2.10. The van der Waals surface area contributed by atoms with Crippen molar-refractivity contribution in [2.45, 2.75) is 44.6 Å². The van der Waals surface area contributed by atoms with Crippen molar-refractivity contribution < 1.29 is 9.90 Å². The first-order chi connectivity index (χ1) is 5.79. The standard InChI is InChI=1S/C10H16O2/c11-9-5-1-3-7-8(9)4-2-6-10(7)12/h7-9,11H,1-6H2/t7-,8-,9-/m1/s1. The highest BCUT2D eigenvalue weighted by atomic mass is 16.3. The second-order valence-electron chi connectivity index (χ2n) is 4.13. The minimum atomic E-state index is -0.187. The molecule has 68 valence electrons. The van der Waals surface area contributed by atoms with Crippen LogP contribution < -0.4 is 0 Å². The van der Waals surface area contributed by atoms with Crippen LogP contribution in [-0.2, 0) is 4.79 Å². The van der Waals surface area contributed by atoms with Crippen LogP contribution in [0.15, 0.2) is 0 Å². The lowest BCUT2D eigenvalue weighted by Gasteiger charge is -2.37. The quantitative estimate of drug-likeness (QED) is 0.595. The molecule has 2 aliphatic rings. The monoisotopic (exact) mass is 168 g/mol. The molecule has 0 radical (unpaired) electrons. The summed E-state index contributed by atoms with van der Waals surface area (Å²) in [6.07, 6.45) is 5.61. The van der Waals surface area contributed by atoms with Crippen molar-refractivity contribution in [3.63, 3.8) is 0 Å². The fourth-order valence-corrected chi connectivity index (χ4v) is 2.73. The van der Waals surface area contributed by atoms with E-state index in [-0.39, 0.29) is 12.0 Å². The van der Waals surface area contributed by atoms with Crippen molar-refractivity contribution in [2.75, 3.05) is 0 Å². The number of fused-ring (bicyclic) bond motifs is 1. The molecule has 2 fully saturated rings. The maximum atomic E-state index is 11.5. The summed E-state index contributed by atoms with van der Waals surface area (Å²) in [5.74, 6) is 0.924. The third-order valence-corrected chi connectivity index (χ3v) is 3.40. The number of rotatable bonds is 0. The van der Waals surface area contributed by atoms with Crippen LogP contribution in [0.3, 0.4) is 0 Å². The number of carbonyl (C=O) groups excluding carboxylic acids is 1. The minimum Gasteiger partial charge on any atom is -0.393 e. The average Bonchev–Trinajstić information content (AvgIpc) is 2.07. The summed E-state index contributed by atoms with van der Waals surface area (Å²) in [5.41, 5.74) is 0. The van der Waals surface area contributed by atoms with Gasteiger partial charge in [0.25, 0.3) is 0 Å². The molecule has 0 amide bonds. The fourth-order valence-electron chi connectivity index (χ4n) is 2.73. The molecule has 0 aromatic rings. The average molecular weight is 168 g/mol. The fraction of sp³-hybridized carbons (Fsp3) is 0.900. The Labute approximate surface area is 73.0 Å². The topological polar surface area (TPSA) is 37.3 Å². The van der Waals surface area contributed by atoms with Gasteiger partial charge in [0.15, 0.2) is 0 Å². The van der Waals surface area contributed by atoms with E-state index in [4.69, 9.17) is 0 Å². The first kappa shape index (κ1) is 8.24. The van der Waals surface area contributed by atoms with Crippen LogP contribution in [-0.4, -0.2) is 17.0 Å². The molecule has 2 aliphatic carbocycles. The van der Waals surface area contributed by atoms with Crippen LogP contribution in [0, 0.1) is 11.8 Å². The van der Waals surface area contributed by atoms with E-state index >= 15 is 0 Å². The van der Waals surface area contributed by atoms with Gasteiger partial charge in [0, 0.05) is 12.3 Å². The molecule has 2 heteroatoms. The number of ketones is 1. The van der Waals surface area contributed by atoms with Crippen molar-refractivity contribution in [1.82, 2.24) is 0 Å². The molecule has 3 atom stereocenters. The van der Waals surface area contributed by atoms with Gasteiger partial charge in [-0.05, 0) is 31.6 Å². The molecule has 12 heavy (non-hydrogen) atoms. The van der Waals surface area contributed by atoms with E-state index in [0.717, 1.165) is 38.5 Å². The van der Waals surface area contributed by atoms with E-state index in [2.05, 4.69) is 0 Å². The lowest BCUT2D eigenvalue weighted by Crippen LogP contribution is -2.39. The summed E-state index contributed by atoms with van der Waals surface area (Å²) >= 11 is 0. The van der Waals surface area contributed by atoms with Crippen molar-refractivity contribution in [3.05, 3.63) is 0 Å². The first-order valence-electron chi connectivity index (χ1n) is 5.00. The Morgan fingerprint density at radius 1 is 1.17 bits per heavy atom. The molecule has 0 heterocycles. The molecule has 0 saturated heterocycles. The van der Waals surface area contributed by atoms with Gasteiger partial charge in [-0.3, -0.25) is 4.79 Å². The van der Waals surface area contributed by atoms with Gasteiger partial charge in [-0.15, -0.1) is 0 Å². The Morgan fingerprint density at radius 3 is 2.75 bits per heavy atom. The summed E-state index contributed by atoms with van der Waals surface area (Å²) in [6, 6.07) is 0. The largest absolute Gasteiger partial charge is 0.393 e. The zero-order chi connectivity index (χ0) is 8.55. The van der Waals surface area contributed by atoms with Crippen LogP contribution in [0.4, 0.5) is 0 Å². The van der Waals surface area contributed by atoms with Gasteiger partial charge >= 0.3 is 0 Å². The number of aliphatic hydroxyl groups excluding tert-OH is 1. The highest BCUT2D eigenvalue weighted by Gasteiger charge is 2.38. The Kier molecular flexibility index (Phi) is 2.18. The maximum absolute atomic E-state index is 11.5. The van der Waals surface area contributed by atoms with Crippen LogP contribution in [0.25, 0.3) is 0 Å². The molecule has 0 aromatic heterocycles. The molecule has 0 aliphatic heterocycles. The molecule has 0 spiro atoms. The predicted octanol–water partition coefficient (Wildman–Crippen LogP) is 1.52. The van der Waals surface area contributed by atoms with E-state index < -0.39 is 0 Å². The van der Waals surface area contributed by atoms with Gasteiger partial charge in [0.05, 0.1) is 6.10 Å². The van der Waals surface area contributed by atoms with Crippen LogP contribution in [0.2, 0.25) is 0 Å². The van der Waals surface area contributed by atoms with Gasteiger partial charge in [0.2, 0.25) is 0 Å². The lowest BCUT2D eigenvalue weighted by atomic mass is 9.69. The molecule has 1 N–H and O–H groups in total. The molecular formula is C10H16O2. The van der Waals surface area contributed by atoms with Crippen molar-refractivity contribution >= 4 is 5.78 Å².